The van der Waals surface area contributed by atoms with E-state index in [1.807, 2.05) is 36.2 Å². The minimum absolute atomic E-state index is 0.0442. The van der Waals surface area contributed by atoms with Crippen LogP contribution in [0.1, 0.15) is 22.1 Å². The van der Waals surface area contributed by atoms with Crippen molar-refractivity contribution in [2.24, 2.45) is 5.73 Å². The second-order valence-corrected chi connectivity index (χ2v) is 4.80. The maximum Gasteiger partial charge on any atom is 0.352 e. The molecule has 0 radical (unpaired) electrons. The van der Waals surface area contributed by atoms with Gasteiger partial charge in [-0.3, -0.25) is 10.2 Å². The van der Waals surface area contributed by atoms with Gasteiger partial charge in [0.2, 0.25) is 0 Å². The predicted octanol–water partition coefficient (Wildman–Crippen LogP) is 0.685. The van der Waals surface area contributed by atoms with Gasteiger partial charge in [-0.05, 0) is 13.1 Å². The number of likely N-dealkylation sites (N-methyl/N-ethyl adjacent to an activating group) is 1. The van der Waals surface area contributed by atoms with E-state index in [9.17, 15) is 9.90 Å². The van der Waals surface area contributed by atoms with E-state index in [0.29, 0.717) is 6.54 Å². The minimum atomic E-state index is -0.944. The molecule has 0 saturated carbocycles. The van der Waals surface area contributed by atoms with Crippen molar-refractivity contribution in [2.75, 3.05) is 13.6 Å². The first kappa shape index (κ1) is 12.2. The van der Waals surface area contributed by atoms with Crippen LogP contribution in [0.4, 0.5) is 0 Å². The van der Waals surface area contributed by atoms with Gasteiger partial charge in [0.15, 0.2) is 0 Å². The number of rotatable bonds is 2. The topological polar surface area (TPSA) is 94.4 Å². The van der Waals surface area contributed by atoms with Gasteiger partial charge >= 0.3 is 5.97 Å². The van der Waals surface area contributed by atoms with E-state index in [0.717, 1.165) is 16.5 Å². The fraction of sp³-hybridized carbons (Fsp3) is 0.308. The second-order valence-electron chi connectivity index (χ2n) is 4.80. The lowest BCUT2D eigenvalue weighted by Gasteiger charge is -2.22. The van der Waals surface area contributed by atoms with Crippen LogP contribution in [-0.4, -0.2) is 40.8 Å². The highest BCUT2D eigenvalue weighted by Crippen LogP contribution is 2.33. The third-order valence-corrected chi connectivity index (χ3v) is 3.74. The number of carboxylic acids is 1. The average molecular weight is 260 g/mol. The maximum absolute atomic E-state index is 11.4. The Labute approximate surface area is 110 Å². The fourth-order valence-electron chi connectivity index (χ4n) is 2.70. The molecule has 0 aliphatic carbocycles. The molecule has 0 bridgehead atoms. The summed E-state index contributed by atoms with van der Waals surface area (Å²) in [4.78, 5) is 16.4. The summed E-state index contributed by atoms with van der Waals surface area (Å²) in [5.41, 5.74) is 7.78. The number of hydrogen-bond donors (Lipinski definition) is 4. The number of carbonyl (C=O) groups is 1. The van der Waals surface area contributed by atoms with Gasteiger partial charge in [0.25, 0.3) is 0 Å². The Morgan fingerprint density at radius 1 is 1.47 bits per heavy atom. The molecule has 1 aliphatic heterocycles. The summed E-state index contributed by atoms with van der Waals surface area (Å²) in [7, 11) is 1.89. The van der Waals surface area contributed by atoms with E-state index in [1.165, 1.54) is 0 Å². The summed E-state index contributed by atoms with van der Waals surface area (Å²) in [6.45, 7) is 0.639. The Kier molecular flexibility index (Phi) is 2.78. The first-order chi connectivity index (χ1) is 9.09. The molecular formula is C13H16N4O2. The SMILES string of the molecule is CN1C(N)NCC1c1c(C(=O)O)[nH]c2ccccc12. The van der Waals surface area contributed by atoms with Crippen molar-refractivity contribution in [3.8, 4) is 0 Å². The summed E-state index contributed by atoms with van der Waals surface area (Å²) < 4.78 is 0. The third kappa shape index (κ3) is 1.81. The van der Waals surface area contributed by atoms with Gasteiger partial charge in [-0.2, -0.15) is 0 Å². The van der Waals surface area contributed by atoms with Crippen molar-refractivity contribution in [1.82, 2.24) is 15.2 Å². The second kappa shape index (κ2) is 4.34. The Morgan fingerprint density at radius 2 is 2.21 bits per heavy atom. The standard InChI is InChI=1S/C13H16N4O2/c1-17-9(6-15-13(17)14)10-7-4-2-3-5-8(7)16-11(10)12(18)19/h2-5,9,13,15-16H,6,14H2,1H3,(H,18,19). The van der Waals surface area contributed by atoms with Crippen molar-refractivity contribution in [2.45, 2.75) is 12.3 Å². The van der Waals surface area contributed by atoms with Crippen LogP contribution in [0.2, 0.25) is 0 Å². The zero-order valence-corrected chi connectivity index (χ0v) is 10.6. The normalized spacial score (nSPS) is 24.1. The molecule has 6 heteroatoms. The van der Waals surface area contributed by atoms with Crippen molar-refractivity contribution >= 4 is 16.9 Å². The maximum atomic E-state index is 11.4. The van der Waals surface area contributed by atoms with Crippen molar-refractivity contribution < 1.29 is 9.90 Å². The van der Waals surface area contributed by atoms with E-state index in [4.69, 9.17) is 5.73 Å². The fourth-order valence-corrected chi connectivity index (χ4v) is 2.70. The highest BCUT2D eigenvalue weighted by molar-refractivity contribution is 5.97. The smallest absolute Gasteiger partial charge is 0.352 e. The van der Waals surface area contributed by atoms with E-state index in [1.54, 1.807) is 0 Å². The average Bonchev–Trinajstić information content (AvgIpc) is 2.92. The van der Waals surface area contributed by atoms with E-state index in [2.05, 4.69) is 10.3 Å². The van der Waals surface area contributed by atoms with Gasteiger partial charge in [-0.25, -0.2) is 4.79 Å². The minimum Gasteiger partial charge on any atom is -0.477 e. The number of benzene rings is 1. The number of H-pyrrole nitrogens is 1. The van der Waals surface area contributed by atoms with E-state index in [-0.39, 0.29) is 18.0 Å². The molecule has 6 nitrogen and oxygen atoms in total. The number of nitrogens with two attached hydrogens (primary N) is 1. The van der Waals surface area contributed by atoms with Gasteiger partial charge in [0.1, 0.15) is 12.0 Å². The molecule has 2 unspecified atom stereocenters. The third-order valence-electron chi connectivity index (χ3n) is 3.74. The van der Waals surface area contributed by atoms with Crippen LogP contribution in [0.25, 0.3) is 10.9 Å². The van der Waals surface area contributed by atoms with Crippen LogP contribution < -0.4 is 11.1 Å². The molecule has 1 saturated heterocycles. The Bertz CT molecular complexity index is 637. The molecule has 2 heterocycles. The number of aromatic amines is 1. The number of hydrogen-bond acceptors (Lipinski definition) is 4. The lowest BCUT2D eigenvalue weighted by molar-refractivity contribution is 0.0688. The quantitative estimate of drug-likeness (QED) is 0.637. The Balaban J connectivity index is 2.20. The largest absolute Gasteiger partial charge is 0.477 e. The highest BCUT2D eigenvalue weighted by atomic mass is 16.4. The van der Waals surface area contributed by atoms with Crippen LogP contribution in [0.15, 0.2) is 24.3 Å². The zero-order chi connectivity index (χ0) is 13.6. The monoisotopic (exact) mass is 260 g/mol. The van der Waals surface area contributed by atoms with Gasteiger partial charge in [-0.1, -0.05) is 18.2 Å². The van der Waals surface area contributed by atoms with Crippen molar-refractivity contribution in [1.29, 1.82) is 0 Å². The van der Waals surface area contributed by atoms with E-state index < -0.39 is 5.97 Å². The summed E-state index contributed by atoms with van der Waals surface area (Å²) in [6, 6.07) is 7.57. The number of carboxylic acid groups (broad SMARTS) is 1. The molecular weight excluding hydrogens is 244 g/mol. The first-order valence-corrected chi connectivity index (χ1v) is 6.14. The highest BCUT2D eigenvalue weighted by Gasteiger charge is 2.33. The predicted molar refractivity (Wildman–Crippen MR) is 71.7 cm³/mol. The first-order valence-electron chi connectivity index (χ1n) is 6.14. The molecule has 1 fully saturated rings. The summed E-state index contributed by atoms with van der Waals surface area (Å²) >= 11 is 0. The number of aromatic nitrogens is 1. The molecule has 0 spiro atoms. The van der Waals surface area contributed by atoms with Crippen LogP contribution in [0, 0.1) is 0 Å². The van der Waals surface area contributed by atoms with Gasteiger partial charge in [0.05, 0.1) is 6.04 Å². The van der Waals surface area contributed by atoms with Gasteiger partial charge < -0.3 is 15.8 Å². The Morgan fingerprint density at radius 3 is 2.84 bits per heavy atom. The van der Waals surface area contributed by atoms with Crippen LogP contribution in [0.5, 0.6) is 0 Å². The Hall–Kier alpha value is -1.89. The molecule has 0 amide bonds. The van der Waals surface area contributed by atoms with Crippen LogP contribution in [0.3, 0.4) is 0 Å². The number of fused-ring (bicyclic) bond motifs is 1. The molecule has 19 heavy (non-hydrogen) atoms. The zero-order valence-electron chi connectivity index (χ0n) is 10.6. The molecule has 1 aromatic carbocycles. The number of nitrogens with one attached hydrogen (secondary N) is 2. The molecule has 5 N–H and O–H groups in total. The lowest BCUT2D eigenvalue weighted by Crippen LogP contribution is -2.41. The number of aromatic carboxylic acids is 1. The molecule has 3 rings (SSSR count). The van der Waals surface area contributed by atoms with Crippen LogP contribution in [-0.2, 0) is 0 Å². The van der Waals surface area contributed by atoms with Crippen LogP contribution >= 0.6 is 0 Å². The number of para-hydroxylation sites is 1. The summed E-state index contributed by atoms with van der Waals surface area (Å²) in [5, 5.41) is 13.5. The van der Waals surface area contributed by atoms with Gasteiger partial charge in [0, 0.05) is 23.0 Å². The summed E-state index contributed by atoms with van der Waals surface area (Å²) in [6.07, 6.45) is -0.250. The van der Waals surface area contributed by atoms with Crippen molar-refractivity contribution in [3.63, 3.8) is 0 Å². The van der Waals surface area contributed by atoms with Gasteiger partial charge in [-0.15, -0.1) is 0 Å². The van der Waals surface area contributed by atoms with E-state index >= 15 is 0 Å². The van der Waals surface area contributed by atoms with Crippen molar-refractivity contribution in [3.05, 3.63) is 35.5 Å². The lowest BCUT2D eigenvalue weighted by atomic mass is 10.0. The molecule has 100 valence electrons. The molecule has 1 aromatic heterocycles. The molecule has 2 atom stereocenters. The number of nitrogens with zero attached hydrogens (tertiary/aromatic N) is 1. The summed E-state index contributed by atoms with van der Waals surface area (Å²) in [5.74, 6) is -0.944. The molecule has 1 aliphatic rings. The molecule has 2 aromatic rings.